The van der Waals surface area contributed by atoms with Gasteiger partial charge in [-0.3, -0.25) is 0 Å². The molecule has 0 amide bonds. The van der Waals surface area contributed by atoms with Crippen LogP contribution in [0.2, 0.25) is 0 Å². The predicted molar refractivity (Wildman–Crippen MR) is 90.5 cm³/mol. The van der Waals surface area contributed by atoms with Crippen LogP contribution in [0, 0.1) is 3.57 Å². The third-order valence-corrected chi connectivity index (χ3v) is 3.77. The zero-order chi connectivity index (χ0) is 16.0. The largest absolute Gasteiger partial charge is 0.504 e. The number of halogens is 1. The van der Waals surface area contributed by atoms with Crippen LogP contribution < -0.4 is 4.74 Å². The molecule has 1 rings (SSSR count). The molecule has 0 radical (unpaired) electrons. The maximum atomic E-state index is 10.2. The molecule has 1 aromatic carbocycles. The molecule has 3 N–H and O–H groups in total. The molecule has 0 bridgehead atoms. The molecule has 0 aliphatic heterocycles. The molecule has 2 atom stereocenters. The fourth-order valence-corrected chi connectivity index (χ4v) is 2.55. The second-order valence-electron chi connectivity index (χ2n) is 4.99. The van der Waals surface area contributed by atoms with Crippen molar-refractivity contribution in [3.8, 4) is 11.5 Å². The average Bonchev–Trinajstić information content (AvgIpc) is 2.40. The molecule has 0 unspecified atom stereocenters. The van der Waals surface area contributed by atoms with Crippen LogP contribution >= 0.6 is 22.6 Å². The highest BCUT2D eigenvalue weighted by Crippen LogP contribution is 2.34. The van der Waals surface area contributed by atoms with E-state index in [2.05, 4.69) is 5.73 Å². The van der Waals surface area contributed by atoms with Crippen molar-refractivity contribution in [3.05, 3.63) is 38.6 Å². The Morgan fingerprint density at radius 1 is 1.43 bits per heavy atom. The van der Waals surface area contributed by atoms with Crippen LogP contribution in [-0.2, 0) is 0 Å². The van der Waals surface area contributed by atoms with Crippen molar-refractivity contribution >= 4 is 22.6 Å². The SMILES string of the molecule is COc1cc([C@H](O)CC=C=C(C)C[C@H](C)O)cc(I)c1O. The molecular formula is C16H21IO4. The lowest BCUT2D eigenvalue weighted by Gasteiger charge is -2.12. The van der Waals surface area contributed by atoms with Gasteiger partial charge in [0.05, 0.1) is 22.9 Å². The van der Waals surface area contributed by atoms with Crippen molar-refractivity contribution in [1.29, 1.82) is 0 Å². The molecule has 0 aliphatic carbocycles. The first kappa shape index (κ1) is 18.0. The van der Waals surface area contributed by atoms with Crippen LogP contribution in [0.5, 0.6) is 11.5 Å². The summed E-state index contributed by atoms with van der Waals surface area (Å²) in [6.45, 7) is 3.62. The Morgan fingerprint density at radius 2 is 2.10 bits per heavy atom. The van der Waals surface area contributed by atoms with E-state index < -0.39 is 12.2 Å². The monoisotopic (exact) mass is 404 g/mol. The molecule has 116 valence electrons. The van der Waals surface area contributed by atoms with Crippen molar-refractivity contribution in [2.24, 2.45) is 0 Å². The summed E-state index contributed by atoms with van der Waals surface area (Å²) in [7, 11) is 1.48. The minimum absolute atomic E-state index is 0.0808. The predicted octanol–water partition coefficient (Wildman–Crippen LogP) is 3.30. The van der Waals surface area contributed by atoms with E-state index in [-0.39, 0.29) is 5.75 Å². The number of rotatable bonds is 6. The number of benzene rings is 1. The van der Waals surface area contributed by atoms with Gasteiger partial charge in [-0.05, 0) is 65.8 Å². The number of aliphatic hydroxyl groups excluding tert-OH is 2. The molecule has 0 saturated carbocycles. The number of aliphatic hydroxyl groups is 2. The lowest BCUT2D eigenvalue weighted by Crippen LogP contribution is -1.99. The van der Waals surface area contributed by atoms with Crippen LogP contribution in [0.1, 0.15) is 38.4 Å². The smallest absolute Gasteiger partial charge is 0.171 e. The van der Waals surface area contributed by atoms with Gasteiger partial charge in [-0.1, -0.05) is 0 Å². The van der Waals surface area contributed by atoms with Gasteiger partial charge in [-0.2, -0.15) is 0 Å². The van der Waals surface area contributed by atoms with Crippen LogP contribution in [0.4, 0.5) is 0 Å². The minimum Gasteiger partial charge on any atom is -0.504 e. The molecule has 4 nitrogen and oxygen atoms in total. The highest BCUT2D eigenvalue weighted by Gasteiger charge is 2.13. The van der Waals surface area contributed by atoms with Crippen LogP contribution in [0.3, 0.4) is 0 Å². The summed E-state index contributed by atoms with van der Waals surface area (Å²) in [6, 6.07) is 3.35. The summed E-state index contributed by atoms with van der Waals surface area (Å²) >= 11 is 1.99. The maximum absolute atomic E-state index is 10.2. The zero-order valence-electron chi connectivity index (χ0n) is 12.4. The molecule has 0 saturated heterocycles. The second kappa shape index (κ2) is 8.44. The Balaban J connectivity index is 2.83. The molecule has 21 heavy (non-hydrogen) atoms. The van der Waals surface area contributed by atoms with Crippen molar-refractivity contribution in [3.63, 3.8) is 0 Å². The van der Waals surface area contributed by atoms with Crippen molar-refractivity contribution < 1.29 is 20.1 Å². The highest BCUT2D eigenvalue weighted by molar-refractivity contribution is 14.1. The third kappa shape index (κ3) is 5.71. The van der Waals surface area contributed by atoms with Gasteiger partial charge in [-0.25, -0.2) is 0 Å². The van der Waals surface area contributed by atoms with E-state index in [0.717, 1.165) is 5.57 Å². The van der Waals surface area contributed by atoms with Gasteiger partial charge in [0.25, 0.3) is 0 Å². The molecule has 0 fully saturated rings. The van der Waals surface area contributed by atoms with Gasteiger partial charge in [0.2, 0.25) is 0 Å². The number of ether oxygens (including phenoxy) is 1. The Kier molecular flexibility index (Phi) is 7.25. The fourth-order valence-electron chi connectivity index (χ4n) is 1.92. The first-order chi connectivity index (χ1) is 9.85. The Bertz CT molecular complexity index is 545. The fraction of sp³-hybridized carbons (Fsp3) is 0.438. The molecule has 0 aliphatic rings. The molecule has 0 aromatic heterocycles. The maximum Gasteiger partial charge on any atom is 0.171 e. The third-order valence-electron chi connectivity index (χ3n) is 2.95. The molecule has 5 heteroatoms. The minimum atomic E-state index is -0.695. The van der Waals surface area contributed by atoms with E-state index in [4.69, 9.17) is 4.74 Å². The van der Waals surface area contributed by atoms with Crippen molar-refractivity contribution in [1.82, 2.24) is 0 Å². The number of phenols is 1. The lowest BCUT2D eigenvalue weighted by atomic mass is 10.1. The van der Waals surface area contributed by atoms with Gasteiger partial charge in [-0.15, -0.1) is 5.73 Å². The van der Waals surface area contributed by atoms with E-state index in [1.165, 1.54) is 7.11 Å². The lowest BCUT2D eigenvalue weighted by molar-refractivity contribution is 0.181. The standard InChI is InChI=1S/C16H21IO4/c1-10(7-11(2)18)5-4-6-14(19)12-8-13(17)16(20)15(9-12)21-3/h4,8-9,11,14,18-20H,6-7H2,1-3H3/t5?,11-,14+/m0/s1. The Labute approximate surface area is 138 Å². The first-order valence-electron chi connectivity index (χ1n) is 6.68. The number of hydrogen-bond acceptors (Lipinski definition) is 4. The molecule has 0 heterocycles. The summed E-state index contributed by atoms with van der Waals surface area (Å²) in [5, 5.41) is 29.2. The van der Waals surface area contributed by atoms with Crippen molar-refractivity contribution in [2.75, 3.05) is 7.11 Å². The van der Waals surface area contributed by atoms with E-state index >= 15 is 0 Å². The molecule has 0 spiro atoms. The Hall–Kier alpha value is -1.01. The van der Waals surface area contributed by atoms with Gasteiger partial charge >= 0.3 is 0 Å². The molecular weight excluding hydrogens is 383 g/mol. The Morgan fingerprint density at radius 3 is 2.67 bits per heavy atom. The average molecular weight is 404 g/mol. The van der Waals surface area contributed by atoms with E-state index in [9.17, 15) is 15.3 Å². The van der Waals surface area contributed by atoms with E-state index in [1.807, 2.05) is 29.5 Å². The van der Waals surface area contributed by atoms with Crippen LogP contribution in [0.25, 0.3) is 0 Å². The van der Waals surface area contributed by atoms with E-state index in [0.29, 0.717) is 27.7 Å². The first-order valence-corrected chi connectivity index (χ1v) is 7.76. The summed E-state index contributed by atoms with van der Waals surface area (Å²) in [5.74, 6) is 0.429. The van der Waals surface area contributed by atoms with Crippen molar-refractivity contribution in [2.45, 2.75) is 38.9 Å². The summed E-state index contributed by atoms with van der Waals surface area (Å²) < 4.78 is 5.71. The number of phenolic OH excluding ortho intramolecular Hbond substituents is 1. The van der Waals surface area contributed by atoms with Gasteiger partial charge < -0.3 is 20.1 Å². The normalized spacial score (nSPS) is 13.2. The zero-order valence-corrected chi connectivity index (χ0v) is 14.6. The van der Waals surface area contributed by atoms with E-state index in [1.54, 1.807) is 25.1 Å². The second-order valence-corrected chi connectivity index (χ2v) is 6.15. The van der Waals surface area contributed by atoms with Crippen LogP contribution in [0.15, 0.2) is 29.5 Å². The number of aromatic hydroxyl groups is 1. The summed E-state index contributed by atoms with van der Waals surface area (Å²) in [6.07, 6.45) is 1.64. The van der Waals surface area contributed by atoms with Gasteiger partial charge in [0, 0.05) is 12.8 Å². The number of hydrogen-bond donors (Lipinski definition) is 3. The van der Waals surface area contributed by atoms with Gasteiger partial charge in [0.1, 0.15) is 0 Å². The summed E-state index contributed by atoms with van der Waals surface area (Å²) in [4.78, 5) is 0. The topological polar surface area (TPSA) is 69.9 Å². The van der Waals surface area contributed by atoms with Gasteiger partial charge in [0.15, 0.2) is 11.5 Å². The van der Waals surface area contributed by atoms with Crippen LogP contribution in [-0.4, -0.2) is 28.5 Å². The highest BCUT2D eigenvalue weighted by atomic mass is 127. The quantitative estimate of drug-likeness (QED) is 0.503. The summed E-state index contributed by atoms with van der Waals surface area (Å²) in [5.41, 5.74) is 4.68. The molecule has 1 aromatic rings. The number of methoxy groups -OCH3 is 1.